The summed E-state index contributed by atoms with van der Waals surface area (Å²) in [5.41, 5.74) is 0.0122. The van der Waals surface area contributed by atoms with Crippen LogP contribution in [-0.2, 0) is 10.0 Å². The van der Waals surface area contributed by atoms with Gasteiger partial charge in [0.25, 0.3) is 10.0 Å². The largest absolute Gasteiger partial charge is 0.505 e. The molecular formula is C12H10ClNO5S2. The number of carboxylic acids is 1. The van der Waals surface area contributed by atoms with Gasteiger partial charge in [0.1, 0.15) is 9.77 Å². The topological polar surface area (TPSA) is 104 Å². The molecule has 0 bridgehead atoms. The highest BCUT2D eigenvalue weighted by atomic mass is 35.5. The van der Waals surface area contributed by atoms with E-state index in [1.54, 1.807) is 6.92 Å². The molecule has 21 heavy (non-hydrogen) atoms. The van der Waals surface area contributed by atoms with E-state index in [4.69, 9.17) is 16.7 Å². The Morgan fingerprint density at radius 3 is 2.57 bits per heavy atom. The maximum atomic E-state index is 12.2. The Kier molecular flexibility index (Phi) is 4.13. The molecule has 0 spiro atoms. The maximum absolute atomic E-state index is 12.2. The SMILES string of the molecule is Cc1cc(S(=O)(=O)Nc2cccc(C(=O)O)c2O)sc1Cl. The minimum atomic E-state index is -3.95. The van der Waals surface area contributed by atoms with Crippen LogP contribution in [-0.4, -0.2) is 24.6 Å². The second-order valence-corrected chi connectivity index (χ2v) is 7.70. The summed E-state index contributed by atoms with van der Waals surface area (Å²) in [5, 5.41) is 18.7. The van der Waals surface area contributed by atoms with Crippen LogP contribution in [0.3, 0.4) is 0 Å². The number of phenols is 1. The predicted octanol–water partition coefficient (Wildman–Crippen LogP) is 2.91. The van der Waals surface area contributed by atoms with Gasteiger partial charge in [-0.2, -0.15) is 0 Å². The number of carboxylic acid groups (broad SMARTS) is 1. The third-order valence-electron chi connectivity index (χ3n) is 2.61. The first-order valence-corrected chi connectivity index (χ1v) is 8.24. The van der Waals surface area contributed by atoms with E-state index in [1.807, 2.05) is 0 Å². The van der Waals surface area contributed by atoms with E-state index in [1.165, 1.54) is 24.3 Å². The lowest BCUT2D eigenvalue weighted by molar-refractivity contribution is 0.0694. The molecule has 9 heteroatoms. The van der Waals surface area contributed by atoms with Gasteiger partial charge in [0, 0.05) is 0 Å². The smallest absolute Gasteiger partial charge is 0.339 e. The van der Waals surface area contributed by atoms with Gasteiger partial charge in [0.05, 0.1) is 10.0 Å². The van der Waals surface area contributed by atoms with Crippen LogP contribution < -0.4 is 4.72 Å². The minimum absolute atomic E-state index is 0.0230. The Hall–Kier alpha value is -1.77. The van der Waals surface area contributed by atoms with Crippen molar-refractivity contribution in [3.63, 3.8) is 0 Å². The molecule has 6 nitrogen and oxygen atoms in total. The Labute approximate surface area is 129 Å². The molecular weight excluding hydrogens is 338 g/mol. The molecule has 1 aromatic heterocycles. The highest BCUT2D eigenvalue weighted by Crippen LogP contribution is 2.34. The number of aromatic hydroxyl groups is 1. The van der Waals surface area contributed by atoms with E-state index >= 15 is 0 Å². The second-order valence-electron chi connectivity index (χ2n) is 4.13. The van der Waals surface area contributed by atoms with Crippen LogP contribution in [0.1, 0.15) is 15.9 Å². The Morgan fingerprint density at radius 2 is 2.05 bits per heavy atom. The summed E-state index contributed by atoms with van der Waals surface area (Å²) in [6, 6.07) is 5.16. The van der Waals surface area contributed by atoms with Crippen molar-refractivity contribution < 1.29 is 23.4 Å². The number of hydrogen-bond acceptors (Lipinski definition) is 5. The first-order valence-electron chi connectivity index (χ1n) is 5.56. The quantitative estimate of drug-likeness (QED) is 0.738. The average molecular weight is 348 g/mol. The normalized spacial score (nSPS) is 11.3. The van der Waals surface area contributed by atoms with Crippen molar-refractivity contribution in [3.8, 4) is 5.75 Å². The Morgan fingerprint density at radius 1 is 1.38 bits per heavy atom. The van der Waals surface area contributed by atoms with Crippen LogP contribution in [0.25, 0.3) is 0 Å². The van der Waals surface area contributed by atoms with Crippen molar-refractivity contribution in [3.05, 3.63) is 39.7 Å². The summed E-state index contributed by atoms with van der Waals surface area (Å²) < 4.78 is 26.8. The van der Waals surface area contributed by atoms with Crippen molar-refractivity contribution in [1.29, 1.82) is 0 Å². The summed E-state index contributed by atoms with van der Waals surface area (Å²) in [7, 11) is -3.95. The van der Waals surface area contributed by atoms with Gasteiger partial charge in [-0.25, -0.2) is 13.2 Å². The number of aryl methyl sites for hydroxylation is 1. The number of para-hydroxylation sites is 1. The standard InChI is InChI=1S/C12H10ClNO5S2/c1-6-5-9(20-11(6)13)21(18,19)14-8-4-2-3-7(10(8)15)12(16)17/h2-5,14-15H,1H3,(H,16,17). The van der Waals surface area contributed by atoms with Crippen LogP contribution >= 0.6 is 22.9 Å². The molecule has 0 amide bonds. The van der Waals surface area contributed by atoms with E-state index in [0.29, 0.717) is 9.90 Å². The molecule has 2 aromatic rings. The molecule has 1 heterocycles. The molecule has 0 fully saturated rings. The average Bonchev–Trinajstić information content (AvgIpc) is 2.72. The zero-order valence-electron chi connectivity index (χ0n) is 10.6. The van der Waals surface area contributed by atoms with E-state index in [2.05, 4.69) is 4.72 Å². The van der Waals surface area contributed by atoms with Gasteiger partial charge in [-0.1, -0.05) is 17.7 Å². The summed E-state index contributed by atoms with van der Waals surface area (Å²) in [4.78, 5) is 10.9. The number of sulfonamides is 1. The van der Waals surface area contributed by atoms with Gasteiger partial charge in [-0.05, 0) is 30.7 Å². The molecule has 112 valence electrons. The van der Waals surface area contributed by atoms with Crippen LogP contribution in [0, 0.1) is 6.92 Å². The van der Waals surface area contributed by atoms with Crippen molar-refractivity contribution >= 4 is 44.6 Å². The van der Waals surface area contributed by atoms with Crippen LogP contribution in [0.2, 0.25) is 4.34 Å². The molecule has 0 unspecified atom stereocenters. The number of hydrogen-bond donors (Lipinski definition) is 3. The molecule has 0 saturated carbocycles. The van der Waals surface area contributed by atoms with Gasteiger partial charge in [-0.3, -0.25) is 4.72 Å². The highest BCUT2D eigenvalue weighted by Gasteiger charge is 2.21. The summed E-state index contributed by atoms with van der Waals surface area (Å²) in [5.74, 6) is -2.00. The number of carbonyl (C=O) groups is 1. The number of halogens is 1. The molecule has 0 aliphatic rings. The van der Waals surface area contributed by atoms with Crippen molar-refractivity contribution in [2.24, 2.45) is 0 Å². The van der Waals surface area contributed by atoms with E-state index in [0.717, 1.165) is 11.3 Å². The third kappa shape index (κ3) is 3.12. The molecule has 1 aromatic carbocycles. The number of anilines is 1. The molecule has 0 aliphatic heterocycles. The third-order valence-corrected chi connectivity index (χ3v) is 6.00. The Balaban J connectivity index is 2.42. The maximum Gasteiger partial charge on any atom is 0.339 e. The molecule has 2 rings (SSSR count). The predicted molar refractivity (Wildman–Crippen MR) is 79.9 cm³/mol. The molecule has 0 atom stereocenters. The zero-order chi connectivity index (χ0) is 15.8. The lowest BCUT2D eigenvalue weighted by atomic mass is 10.2. The van der Waals surface area contributed by atoms with E-state index < -0.39 is 27.3 Å². The number of aromatic carboxylic acids is 1. The van der Waals surface area contributed by atoms with Crippen LogP contribution in [0.4, 0.5) is 5.69 Å². The zero-order valence-corrected chi connectivity index (χ0v) is 13.0. The van der Waals surface area contributed by atoms with Crippen molar-refractivity contribution in [2.75, 3.05) is 4.72 Å². The molecule has 0 saturated heterocycles. The second kappa shape index (κ2) is 5.55. The minimum Gasteiger partial charge on any atom is -0.505 e. The van der Waals surface area contributed by atoms with Gasteiger partial charge >= 0.3 is 5.97 Å². The number of benzene rings is 1. The number of thiophene rings is 1. The fourth-order valence-corrected chi connectivity index (χ4v) is 4.33. The first kappa shape index (κ1) is 15.6. The van der Waals surface area contributed by atoms with Crippen LogP contribution in [0.15, 0.2) is 28.5 Å². The Bertz CT molecular complexity index is 794. The highest BCUT2D eigenvalue weighted by molar-refractivity contribution is 7.94. The van der Waals surface area contributed by atoms with Crippen molar-refractivity contribution in [1.82, 2.24) is 0 Å². The van der Waals surface area contributed by atoms with Gasteiger partial charge in [0.2, 0.25) is 0 Å². The molecule has 0 radical (unpaired) electrons. The van der Waals surface area contributed by atoms with Gasteiger partial charge < -0.3 is 10.2 Å². The summed E-state index contributed by atoms with van der Waals surface area (Å²) in [6.07, 6.45) is 0. The van der Waals surface area contributed by atoms with E-state index in [9.17, 15) is 18.3 Å². The first-order chi connectivity index (χ1) is 9.72. The van der Waals surface area contributed by atoms with Crippen molar-refractivity contribution in [2.45, 2.75) is 11.1 Å². The lowest BCUT2D eigenvalue weighted by Gasteiger charge is -2.09. The number of rotatable bonds is 4. The monoisotopic (exact) mass is 347 g/mol. The summed E-state index contributed by atoms with van der Waals surface area (Å²) in [6.45, 7) is 1.67. The van der Waals surface area contributed by atoms with Crippen LogP contribution in [0.5, 0.6) is 5.75 Å². The number of nitrogens with one attached hydrogen (secondary N) is 1. The summed E-state index contributed by atoms with van der Waals surface area (Å²) >= 11 is 6.71. The molecule has 0 aliphatic carbocycles. The fourth-order valence-electron chi connectivity index (χ4n) is 1.56. The molecule has 3 N–H and O–H groups in total. The lowest BCUT2D eigenvalue weighted by Crippen LogP contribution is -2.12. The fraction of sp³-hybridized carbons (Fsp3) is 0.0833. The van der Waals surface area contributed by atoms with Gasteiger partial charge in [0.15, 0.2) is 5.75 Å². The van der Waals surface area contributed by atoms with E-state index in [-0.39, 0.29) is 9.90 Å². The van der Waals surface area contributed by atoms with Gasteiger partial charge in [-0.15, -0.1) is 11.3 Å².